The van der Waals surface area contributed by atoms with Gasteiger partial charge in [0.15, 0.2) is 0 Å². The van der Waals surface area contributed by atoms with Gasteiger partial charge in [-0.3, -0.25) is 0 Å². The predicted octanol–water partition coefficient (Wildman–Crippen LogP) is 4.46. The van der Waals surface area contributed by atoms with Gasteiger partial charge in [-0.2, -0.15) is 0 Å². The Kier molecular flexibility index (Phi) is 6.65. The van der Waals surface area contributed by atoms with Gasteiger partial charge < -0.3 is 0 Å². The van der Waals surface area contributed by atoms with Crippen LogP contribution in [0.5, 0.6) is 0 Å². The minimum absolute atomic E-state index is 0.114. The number of hydrogen-bond donors (Lipinski definition) is 0. The summed E-state index contributed by atoms with van der Waals surface area (Å²) in [5.41, 5.74) is 0. The van der Waals surface area contributed by atoms with Gasteiger partial charge >= 0.3 is 134 Å². The Morgan fingerprint density at radius 1 is 0.421 bits per heavy atom. The average molecular weight is 393 g/mol. The molecule has 7 heteroatoms. The van der Waals surface area contributed by atoms with Crippen molar-refractivity contribution in [2.75, 3.05) is 0 Å². The summed E-state index contributed by atoms with van der Waals surface area (Å²) in [6, 6.07) is 0. The SMILES string of the molecule is C[Si](C)(C)[N]([Ge][N]([Si](C)(C)C)[Si](C)(C)C)[Si](C)(C)C. The van der Waals surface area contributed by atoms with Crippen LogP contribution in [0.3, 0.4) is 0 Å². The molecule has 0 spiro atoms. The predicted molar refractivity (Wildman–Crippen MR) is 103 cm³/mol. The molecule has 0 rings (SSSR count). The first-order valence-corrected chi connectivity index (χ1v) is 23.0. The quantitative estimate of drug-likeness (QED) is 0.615. The molecule has 0 unspecified atom stereocenters. The molecular formula is C12H36GeN2Si4. The summed E-state index contributed by atoms with van der Waals surface area (Å²) in [7, 11) is -4.76. The molecule has 0 aromatic carbocycles. The van der Waals surface area contributed by atoms with E-state index in [9.17, 15) is 0 Å². The van der Waals surface area contributed by atoms with E-state index in [1.165, 1.54) is 0 Å². The minimum atomic E-state index is -1.19. The first-order chi connectivity index (χ1) is 7.97. The van der Waals surface area contributed by atoms with Crippen LogP contribution < -0.4 is 0 Å². The zero-order valence-corrected chi connectivity index (χ0v) is 21.5. The van der Waals surface area contributed by atoms with Crippen LogP contribution in [-0.2, 0) is 0 Å². The van der Waals surface area contributed by atoms with Crippen molar-refractivity contribution in [3.63, 3.8) is 0 Å². The zero-order chi connectivity index (χ0) is 15.9. The first kappa shape index (κ1) is 20.3. The van der Waals surface area contributed by atoms with Crippen molar-refractivity contribution in [2.45, 2.75) is 78.6 Å². The van der Waals surface area contributed by atoms with Gasteiger partial charge in [0.05, 0.1) is 0 Å². The van der Waals surface area contributed by atoms with E-state index in [2.05, 4.69) is 84.9 Å². The molecule has 0 fully saturated rings. The van der Waals surface area contributed by atoms with E-state index >= 15 is 0 Å². The number of rotatable bonds is 6. The maximum absolute atomic E-state index is 3.07. The summed E-state index contributed by atoms with van der Waals surface area (Å²) >= 11 is -0.114. The normalized spacial score (nSPS) is 15.5. The van der Waals surface area contributed by atoms with Gasteiger partial charge in [0.25, 0.3) is 0 Å². The fourth-order valence-electron chi connectivity index (χ4n) is 2.71. The van der Waals surface area contributed by atoms with Gasteiger partial charge in [0.1, 0.15) is 0 Å². The molecule has 0 aromatic heterocycles. The molecule has 0 amide bonds. The van der Waals surface area contributed by atoms with Crippen LogP contribution in [0.2, 0.25) is 78.6 Å². The molecule has 0 aromatic rings. The molecule has 0 aliphatic rings. The molecular weight excluding hydrogens is 357 g/mol. The molecule has 19 heavy (non-hydrogen) atoms. The van der Waals surface area contributed by atoms with Crippen molar-refractivity contribution in [1.29, 1.82) is 0 Å². The fraction of sp³-hybridized carbons (Fsp3) is 1.00. The second kappa shape index (κ2) is 6.21. The van der Waals surface area contributed by atoms with Crippen LogP contribution in [0.1, 0.15) is 0 Å². The molecule has 2 nitrogen and oxygen atoms in total. The van der Waals surface area contributed by atoms with Crippen molar-refractivity contribution < 1.29 is 0 Å². The molecule has 0 N–H and O–H groups in total. The maximum atomic E-state index is 3.07. The van der Waals surface area contributed by atoms with Gasteiger partial charge in [0, 0.05) is 0 Å². The van der Waals surface area contributed by atoms with Crippen LogP contribution in [-0.4, -0.2) is 55.2 Å². The van der Waals surface area contributed by atoms with Gasteiger partial charge in [0.2, 0.25) is 0 Å². The second-order valence-corrected chi connectivity index (χ2v) is 35.6. The Labute approximate surface area is 133 Å². The van der Waals surface area contributed by atoms with Crippen molar-refractivity contribution in [2.24, 2.45) is 0 Å². The third kappa shape index (κ3) is 6.75. The van der Waals surface area contributed by atoms with Crippen molar-refractivity contribution >= 4 is 48.8 Å². The average Bonchev–Trinajstić information content (AvgIpc) is 1.91. The monoisotopic (exact) mass is 394 g/mol. The van der Waals surface area contributed by atoms with Gasteiger partial charge in [-0.15, -0.1) is 0 Å². The summed E-state index contributed by atoms with van der Waals surface area (Å²) in [6.07, 6.45) is 0. The summed E-state index contributed by atoms with van der Waals surface area (Å²) in [4.78, 5) is 0. The van der Waals surface area contributed by atoms with Crippen LogP contribution in [0.4, 0.5) is 0 Å². The molecule has 0 aliphatic heterocycles. The topological polar surface area (TPSA) is 6.48 Å². The van der Waals surface area contributed by atoms with Gasteiger partial charge in [-0.05, 0) is 0 Å². The summed E-state index contributed by atoms with van der Waals surface area (Å²) in [6.45, 7) is 30.5. The Bertz CT molecular complexity index is 239. The Balaban J connectivity index is 5.43. The van der Waals surface area contributed by atoms with E-state index in [0.717, 1.165) is 0 Å². The van der Waals surface area contributed by atoms with Gasteiger partial charge in [-0.25, -0.2) is 0 Å². The van der Waals surface area contributed by atoms with Crippen LogP contribution in [0, 0.1) is 0 Å². The first-order valence-electron chi connectivity index (χ1n) is 7.34. The Hall–Kier alpha value is 1.33. The summed E-state index contributed by atoms with van der Waals surface area (Å²) in [5.74, 6) is 0. The van der Waals surface area contributed by atoms with E-state index in [0.29, 0.717) is 0 Å². The van der Waals surface area contributed by atoms with E-state index in [1.807, 2.05) is 0 Å². The Morgan fingerprint density at radius 3 is 0.684 bits per heavy atom. The third-order valence-corrected chi connectivity index (χ3v) is 36.1. The molecule has 0 aliphatic carbocycles. The molecule has 0 bridgehead atoms. The Morgan fingerprint density at radius 2 is 0.579 bits per heavy atom. The molecule has 0 atom stereocenters. The van der Waals surface area contributed by atoms with Crippen LogP contribution in [0.15, 0.2) is 0 Å². The van der Waals surface area contributed by atoms with Crippen LogP contribution in [0.25, 0.3) is 0 Å². The van der Waals surface area contributed by atoms with E-state index in [-0.39, 0.29) is 15.9 Å². The van der Waals surface area contributed by atoms with E-state index in [1.54, 1.807) is 0 Å². The fourth-order valence-corrected chi connectivity index (χ4v) is 32.1. The molecule has 114 valence electrons. The number of hydrogen-bond acceptors (Lipinski definition) is 2. The standard InChI is InChI=1S/C12H36GeN2Si4/c1-16(2,3)14(17(4,5)6)13-15(18(7,8)9)19(10,11)12/h1-12H3. The third-order valence-electron chi connectivity index (χ3n) is 2.88. The summed E-state index contributed by atoms with van der Waals surface area (Å²) in [5, 5.41) is 0. The molecule has 2 radical (unpaired) electrons. The van der Waals surface area contributed by atoms with E-state index < -0.39 is 32.9 Å². The molecule has 0 saturated heterocycles. The van der Waals surface area contributed by atoms with Crippen molar-refractivity contribution in [3.05, 3.63) is 0 Å². The zero-order valence-electron chi connectivity index (χ0n) is 15.4. The molecule has 0 saturated carbocycles. The molecule has 0 heterocycles. The van der Waals surface area contributed by atoms with Crippen molar-refractivity contribution in [1.82, 2.24) is 6.38 Å². The van der Waals surface area contributed by atoms with E-state index in [4.69, 9.17) is 0 Å². The van der Waals surface area contributed by atoms with Crippen LogP contribution >= 0.6 is 0 Å². The van der Waals surface area contributed by atoms with Crippen molar-refractivity contribution in [3.8, 4) is 0 Å². The number of nitrogens with zero attached hydrogens (tertiary/aromatic N) is 2. The second-order valence-electron chi connectivity index (χ2n) is 9.45. The van der Waals surface area contributed by atoms with Gasteiger partial charge in [-0.1, -0.05) is 0 Å². The summed E-state index contributed by atoms with van der Waals surface area (Å²) < 4.78 is 6.13.